The Kier molecular flexibility index (Phi) is 17.4. The minimum Gasteiger partial charge on any atom is -0.382 e. The van der Waals surface area contributed by atoms with Crippen molar-refractivity contribution in [1.82, 2.24) is 16.0 Å². The Morgan fingerprint density at radius 1 is 1.00 bits per heavy atom. The zero-order valence-corrected chi connectivity index (χ0v) is 18.7. The molecule has 1 aliphatic rings. The van der Waals surface area contributed by atoms with Crippen LogP contribution in [0.3, 0.4) is 0 Å². The highest BCUT2D eigenvalue weighted by molar-refractivity contribution is 14.0. The molecule has 1 amide bonds. The maximum Gasteiger partial charge on any atom is 0.220 e. The summed E-state index contributed by atoms with van der Waals surface area (Å²) in [6.45, 7) is 4.03. The van der Waals surface area contributed by atoms with Gasteiger partial charge in [-0.25, -0.2) is 0 Å². The summed E-state index contributed by atoms with van der Waals surface area (Å²) in [5.41, 5.74) is 0. The van der Waals surface area contributed by atoms with Crippen molar-refractivity contribution in [2.45, 2.75) is 44.9 Å². The number of halogens is 1. The average molecular weight is 484 g/mol. The van der Waals surface area contributed by atoms with Crippen molar-refractivity contribution in [3.63, 3.8) is 0 Å². The van der Waals surface area contributed by atoms with Gasteiger partial charge in [-0.05, 0) is 25.2 Å². The van der Waals surface area contributed by atoms with Crippen LogP contribution in [0.15, 0.2) is 4.99 Å². The van der Waals surface area contributed by atoms with Crippen LogP contribution < -0.4 is 16.0 Å². The van der Waals surface area contributed by atoms with E-state index in [-0.39, 0.29) is 29.9 Å². The summed E-state index contributed by atoms with van der Waals surface area (Å²) in [6.07, 6.45) is 7.87. The van der Waals surface area contributed by atoms with E-state index in [9.17, 15) is 4.79 Å². The fourth-order valence-corrected chi connectivity index (χ4v) is 2.95. The summed E-state index contributed by atoms with van der Waals surface area (Å²) in [7, 11) is 3.41. The molecule has 0 aromatic carbocycles. The second-order valence-corrected chi connectivity index (χ2v) is 6.44. The molecule has 1 saturated carbocycles. The molecule has 0 atom stereocenters. The molecule has 26 heavy (non-hydrogen) atoms. The third-order valence-electron chi connectivity index (χ3n) is 4.35. The maximum absolute atomic E-state index is 11.9. The normalized spacial score (nSPS) is 15.2. The Morgan fingerprint density at radius 3 is 2.38 bits per heavy atom. The monoisotopic (exact) mass is 484 g/mol. The van der Waals surface area contributed by atoms with E-state index >= 15 is 0 Å². The number of nitrogens with one attached hydrogen (secondary N) is 3. The number of nitrogens with zero attached hydrogens (tertiary/aromatic N) is 1. The first-order chi connectivity index (χ1) is 12.3. The molecule has 0 unspecified atom stereocenters. The molecular formula is C18H37IN4O3. The molecule has 1 fully saturated rings. The highest BCUT2D eigenvalue weighted by Crippen LogP contribution is 2.25. The number of hydrogen-bond donors (Lipinski definition) is 3. The number of rotatable bonds is 12. The van der Waals surface area contributed by atoms with Crippen molar-refractivity contribution in [3.8, 4) is 0 Å². The number of ether oxygens (including phenoxy) is 2. The molecule has 3 N–H and O–H groups in total. The molecule has 0 spiro atoms. The van der Waals surface area contributed by atoms with Gasteiger partial charge in [0, 0.05) is 46.8 Å². The molecule has 1 aliphatic carbocycles. The lowest BCUT2D eigenvalue weighted by Crippen LogP contribution is -2.42. The lowest BCUT2D eigenvalue weighted by atomic mass is 9.87. The Bertz CT molecular complexity index is 377. The smallest absolute Gasteiger partial charge is 0.220 e. The zero-order valence-electron chi connectivity index (χ0n) is 16.3. The third kappa shape index (κ3) is 13.6. The Morgan fingerprint density at radius 2 is 1.69 bits per heavy atom. The van der Waals surface area contributed by atoms with Gasteiger partial charge < -0.3 is 25.4 Å². The van der Waals surface area contributed by atoms with Gasteiger partial charge in [-0.15, -0.1) is 24.0 Å². The first-order valence-corrected chi connectivity index (χ1v) is 9.54. The van der Waals surface area contributed by atoms with Gasteiger partial charge in [0.2, 0.25) is 5.91 Å². The summed E-state index contributed by atoms with van der Waals surface area (Å²) in [4.78, 5) is 16.1. The fourth-order valence-electron chi connectivity index (χ4n) is 2.95. The second kappa shape index (κ2) is 17.8. The molecule has 1 rings (SSSR count). The van der Waals surface area contributed by atoms with Crippen LogP contribution in [0.1, 0.15) is 44.9 Å². The van der Waals surface area contributed by atoms with Gasteiger partial charge in [0.25, 0.3) is 0 Å². The van der Waals surface area contributed by atoms with Gasteiger partial charge in [-0.1, -0.05) is 19.3 Å². The molecule has 0 heterocycles. The quantitative estimate of drug-likeness (QED) is 0.171. The van der Waals surface area contributed by atoms with E-state index in [1.54, 1.807) is 14.2 Å². The van der Waals surface area contributed by atoms with Crippen molar-refractivity contribution in [2.24, 2.45) is 10.9 Å². The third-order valence-corrected chi connectivity index (χ3v) is 4.35. The van der Waals surface area contributed by atoms with Crippen LogP contribution in [-0.2, 0) is 14.3 Å². The van der Waals surface area contributed by atoms with Crippen molar-refractivity contribution >= 4 is 35.8 Å². The van der Waals surface area contributed by atoms with E-state index in [4.69, 9.17) is 9.47 Å². The van der Waals surface area contributed by atoms with E-state index in [0.29, 0.717) is 45.2 Å². The Hall–Kier alpha value is -0.610. The van der Waals surface area contributed by atoms with Crippen molar-refractivity contribution in [1.29, 1.82) is 0 Å². The number of amides is 1. The highest BCUT2D eigenvalue weighted by atomic mass is 127. The van der Waals surface area contributed by atoms with Crippen molar-refractivity contribution in [3.05, 3.63) is 0 Å². The van der Waals surface area contributed by atoms with Gasteiger partial charge in [-0.2, -0.15) is 0 Å². The van der Waals surface area contributed by atoms with E-state index in [2.05, 4.69) is 20.9 Å². The largest absolute Gasteiger partial charge is 0.382 e. The van der Waals surface area contributed by atoms with Gasteiger partial charge in [0.1, 0.15) is 0 Å². The van der Waals surface area contributed by atoms with Crippen LogP contribution in [0.5, 0.6) is 0 Å². The van der Waals surface area contributed by atoms with Gasteiger partial charge >= 0.3 is 0 Å². The summed E-state index contributed by atoms with van der Waals surface area (Å²) in [5, 5.41) is 9.42. The lowest BCUT2D eigenvalue weighted by molar-refractivity contribution is -0.122. The molecule has 0 saturated heterocycles. The average Bonchev–Trinajstić information content (AvgIpc) is 2.63. The minimum absolute atomic E-state index is 0. The van der Waals surface area contributed by atoms with Crippen molar-refractivity contribution < 1.29 is 14.3 Å². The Labute approximate surface area is 175 Å². The van der Waals surface area contributed by atoms with Crippen LogP contribution in [-0.4, -0.2) is 65.5 Å². The van der Waals surface area contributed by atoms with Crippen molar-refractivity contribution in [2.75, 3.05) is 53.6 Å². The summed E-state index contributed by atoms with van der Waals surface area (Å²) >= 11 is 0. The molecular weight excluding hydrogens is 447 g/mol. The first kappa shape index (κ1) is 25.4. The number of aliphatic imine (C=N–C) groups is 1. The molecule has 154 valence electrons. The lowest BCUT2D eigenvalue weighted by Gasteiger charge is -2.20. The Balaban J connectivity index is 0.00000625. The first-order valence-electron chi connectivity index (χ1n) is 9.54. The van der Waals surface area contributed by atoms with E-state index in [1.807, 2.05) is 0 Å². The predicted octanol–water partition coefficient (Wildman–Crippen LogP) is 1.91. The van der Waals surface area contributed by atoms with E-state index in [0.717, 1.165) is 18.9 Å². The van der Waals surface area contributed by atoms with Crippen LogP contribution in [0.25, 0.3) is 0 Å². The number of methoxy groups -OCH3 is 1. The van der Waals surface area contributed by atoms with Gasteiger partial charge in [-0.3, -0.25) is 9.79 Å². The number of carbonyl (C=O) groups excluding carboxylic acids is 1. The molecule has 7 nitrogen and oxygen atoms in total. The topological polar surface area (TPSA) is 84.0 Å². The van der Waals surface area contributed by atoms with Gasteiger partial charge in [0.15, 0.2) is 5.96 Å². The molecule has 0 radical (unpaired) electrons. The van der Waals surface area contributed by atoms with Crippen LogP contribution >= 0.6 is 24.0 Å². The molecule has 0 aromatic rings. The van der Waals surface area contributed by atoms with E-state index in [1.165, 1.54) is 32.1 Å². The summed E-state index contributed by atoms with van der Waals surface area (Å²) in [6, 6.07) is 0. The SMILES string of the molecule is CN=C(NCCCOCCOC)NCCNC(=O)CC1CCCCC1.I. The minimum atomic E-state index is 0. The number of guanidine groups is 1. The molecule has 8 heteroatoms. The second-order valence-electron chi connectivity index (χ2n) is 6.44. The predicted molar refractivity (Wildman–Crippen MR) is 116 cm³/mol. The molecule has 0 aromatic heterocycles. The highest BCUT2D eigenvalue weighted by Gasteiger charge is 2.16. The molecule has 0 aliphatic heterocycles. The maximum atomic E-state index is 11.9. The van der Waals surface area contributed by atoms with Crippen LogP contribution in [0, 0.1) is 5.92 Å². The summed E-state index contributed by atoms with van der Waals surface area (Å²) in [5.74, 6) is 1.51. The van der Waals surface area contributed by atoms with E-state index < -0.39 is 0 Å². The standard InChI is InChI=1S/C18H36N4O3.HI/c1-19-18(21-9-6-12-25-14-13-24-2)22-11-10-20-17(23)15-16-7-4-3-5-8-16;/h16H,3-15H2,1-2H3,(H,20,23)(H2,19,21,22);1H. The zero-order chi connectivity index (χ0) is 18.2. The fraction of sp³-hybridized carbons (Fsp3) is 0.889. The number of carbonyl (C=O) groups is 1. The molecule has 0 bridgehead atoms. The number of hydrogen-bond acceptors (Lipinski definition) is 4. The summed E-state index contributed by atoms with van der Waals surface area (Å²) < 4.78 is 10.3. The van der Waals surface area contributed by atoms with Crippen LogP contribution in [0.2, 0.25) is 0 Å². The van der Waals surface area contributed by atoms with Gasteiger partial charge in [0.05, 0.1) is 13.2 Å². The van der Waals surface area contributed by atoms with Crippen LogP contribution in [0.4, 0.5) is 0 Å².